The van der Waals surface area contributed by atoms with Gasteiger partial charge in [0.15, 0.2) is 0 Å². The SMILES string of the molecule is CCc1ccc(S(=O)(=O)NC(C)CCC(C)C)cc1. The van der Waals surface area contributed by atoms with Crippen LogP contribution in [-0.4, -0.2) is 14.5 Å². The summed E-state index contributed by atoms with van der Waals surface area (Å²) < 4.78 is 27.1. The predicted molar refractivity (Wildman–Crippen MR) is 79.7 cm³/mol. The third-order valence-corrected chi connectivity index (χ3v) is 4.78. The third-order valence-electron chi connectivity index (χ3n) is 3.18. The Morgan fingerprint density at radius 1 is 1.05 bits per heavy atom. The van der Waals surface area contributed by atoms with Crippen molar-refractivity contribution < 1.29 is 8.42 Å². The molecule has 0 saturated heterocycles. The van der Waals surface area contributed by atoms with E-state index in [4.69, 9.17) is 0 Å². The molecule has 0 fully saturated rings. The zero-order valence-electron chi connectivity index (χ0n) is 12.3. The normalized spacial score (nSPS) is 13.7. The maximum absolute atomic E-state index is 12.2. The van der Waals surface area contributed by atoms with Crippen LogP contribution in [0.25, 0.3) is 0 Å². The van der Waals surface area contributed by atoms with E-state index in [9.17, 15) is 8.42 Å². The molecule has 0 aliphatic heterocycles. The Labute approximate surface area is 117 Å². The van der Waals surface area contributed by atoms with Crippen LogP contribution in [0.2, 0.25) is 0 Å². The van der Waals surface area contributed by atoms with Crippen LogP contribution >= 0.6 is 0 Å². The molecule has 3 nitrogen and oxygen atoms in total. The second-order valence-electron chi connectivity index (χ2n) is 5.49. The van der Waals surface area contributed by atoms with Crippen LogP contribution in [0.1, 0.15) is 46.1 Å². The lowest BCUT2D eigenvalue weighted by atomic mass is 10.1. The van der Waals surface area contributed by atoms with Gasteiger partial charge in [0.2, 0.25) is 10.0 Å². The minimum atomic E-state index is -3.38. The van der Waals surface area contributed by atoms with Gasteiger partial charge in [-0.05, 0) is 49.8 Å². The van der Waals surface area contributed by atoms with E-state index in [1.165, 1.54) is 0 Å². The van der Waals surface area contributed by atoms with E-state index in [0.717, 1.165) is 24.8 Å². The van der Waals surface area contributed by atoms with Gasteiger partial charge in [-0.2, -0.15) is 0 Å². The molecular formula is C15H25NO2S. The van der Waals surface area contributed by atoms with Gasteiger partial charge >= 0.3 is 0 Å². The van der Waals surface area contributed by atoms with Gasteiger partial charge in [-0.15, -0.1) is 0 Å². The first kappa shape index (κ1) is 16.2. The monoisotopic (exact) mass is 283 g/mol. The van der Waals surface area contributed by atoms with Gasteiger partial charge in [0.1, 0.15) is 0 Å². The summed E-state index contributed by atoms with van der Waals surface area (Å²) in [5.41, 5.74) is 1.15. The lowest BCUT2D eigenvalue weighted by molar-refractivity contribution is 0.485. The minimum absolute atomic E-state index is 0.0294. The van der Waals surface area contributed by atoms with Crippen molar-refractivity contribution in [3.63, 3.8) is 0 Å². The second kappa shape index (κ2) is 7.06. The van der Waals surface area contributed by atoms with Gasteiger partial charge in [-0.3, -0.25) is 0 Å². The highest BCUT2D eigenvalue weighted by atomic mass is 32.2. The molecule has 1 rings (SSSR count). The zero-order valence-corrected chi connectivity index (χ0v) is 13.1. The number of nitrogens with one attached hydrogen (secondary N) is 1. The molecule has 1 aromatic carbocycles. The summed E-state index contributed by atoms with van der Waals surface area (Å²) in [4.78, 5) is 0.348. The first-order valence-electron chi connectivity index (χ1n) is 6.96. The van der Waals surface area contributed by atoms with Gasteiger partial charge in [0, 0.05) is 6.04 Å². The molecule has 19 heavy (non-hydrogen) atoms. The number of hydrogen-bond donors (Lipinski definition) is 1. The highest BCUT2D eigenvalue weighted by molar-refractivity contribution is 7.89. The fraction of sp³-hybridized carbons (Fsp3) is 0.600. The molecule has 0 spiro atoms. The van der Waals surface area contributed by atoms with Crippen LogP contribution in [0.15, 0.2) is 29.2 Å². The van der Waals surface area contributed by atoms with Crippen molar-refractivity contribution in [1.29, 1.82) is 0 Å². The van der Waals surface area contributed by atoms with Crippen LogP contribution < -0.4 is 4.72 Å². The van der Waals surface area contributed by atoms with Crippen molar-refractivity contribution in [2.24, 2.45) is 5.92 Å². The summed E-state index contributed by atoms with van der Waals surface area (Å²) >= 11 is 0. The molecule has 108 valence electrons. The summed E-state index contributed by atoms with van der Waals surface area (Å²) in [6, 6.07) is 7.06. The summed E-state index contributed by atoms with van der Waals surface area (Å²) in [7, 11) is -3.38. The summed E-state index contributed by atoms with van der Waals surface area (Å²) in [6.07, 6.45) is 2.81. The molecule has 0 radical (unpaired) electrons. The van der Waals surface area contributed by atoms with Crippen LogP contribution in [0, 0.1) is 5.92 Å². The molecule has 1 atom stereocenters. The van der Waals surface area contributed by atoms with Gasteiger partial charge in [-0.25, -0.2) is 13.1 Å². The first-order valence-corrected chi connectivity index (χ1v) is 8.44. The minimum Gasteiger partial charge on any atom is -0.208 e. The van der Waals surface area contributed by atoms with Gasteiger partial charge in [0.05, 0.1) is 4.90 Å². The molecule has 0 bridgehead atoms. The van der Waals surface area contributed by atoms with Crippen molar-refractivity contribution in [1.82, 2.24) is 4.72 Å². The standard InChI is InChI=1S/C15H25NO2S/c1-5-14-8-10-15(11-9-14)19(17,18)16-13(4)7-6-12(2)3/h8-13,16H,5-7H2,1-4H3. The molecule has 1 unspecified atom stereocenters. The van der Waals surface area contributed by atoms with E-state index in [0.29, 0.717) is 10.8 Å². The lowest BCUT2D eigenvalue weighted by Gasteiger charge is -2.15. The number of rotatable bonds is 7. The smallest absolute Gasteiger partial charge is 0.208 e. The van der Waals surface area contributed by atoms with Gasteiger partial charge in [-0.1, -0.05) is 32.9 Å². The quantitative estimate of drug-likeness (QED) is 0.834. The van der Waals surface area contributed by atoms with Crippen molar-refractivity contribution in [2.75, 3.05) is 0 Å². The molecule has 0 saturated carbocycles. The number of benzene rings is 1. The number of hydrogen-bond acceptors (Lipinski definition) is 2. The third kappa shape index (κ3) is 5.33. The van der Waals surface area contributed by atoms with Crippen molar-refractivity contribution in [2.45, 2.75) is 57.9 Å². The topological polar surface area (TPSA) is 46.2 Å². The molecule has 0 heterocycles. The van der Waals surface area contributed by atoms with E-state index in [1.54, 1.807) is 12.1 Å². The largest absolute Gasteiger partial charge is 0.240 e. The highest BCUT2D eigenvalue weighted by Gasteiger charge is 2.17. The Balaban J connectivity index is 2.69. The molecule has 0 aromatic heterocycles. The van der Waals surface area contributed by atoms with E-state index in [-0.39, 0.29) is 6.04 Å². The van der Waals surface area contributed by atoms with Crippen LogP contribution in [0.5, 0.6) is 0 Å². The Morgan fingerprint density at radius 3 is 2.11 bits per heavy atom. The maximum Gasteiger partial charge on any atom is 0.240 e. The van der Waals surface area contributed by atoms with Crippen LogP contribution in [-0.2, 0) is 16.4 Å². The molecule has 1 N–H and O–H groups in total. The fourth-order valence-corrected chi connectivity index (χ4v) is 3.16. The Bertz CT molecular complexity index is 477. The molecular weight excluding hydrogens is 258 g/mol. The van der Waals surface area contributed by atoms with Crippen molar-refractivity contribution in [3.05, 3.63) is 29.8 Å². The van der Waals surface area contributed by atoms with E-state index in [1.807, 2.05) is 19.1 Å². The molecule has 1 aromatic rings. The van der Waals surface area contributed by atoms with Crippen molar-refractivity contribution >= 4 is 10.0 Å². The van der Waals surface area contributed by atoms with E-state index < -0.39 is 10.0 Å². The zero-order chi connectivity index (χ0) is 14.5. The van der Waals surface area contributed by atoms with E-state index in [2.05, 4.69) is 25.5 Å². The lowest BCUT2D eigenvalue weighted by Crippen LogP contribution is -2.32. The van der Waals surface area contributed by atoms with Crippen molar-refractivity contribution in [3.8, 4) is 0 Å². The average Bonchev–Trinajstić information content (AvgIpc) is 2.36. The second-order valence-corrected chi connectivity index (χ2v) is 7.21. The summed E-state index contributed by atoms with van der Waals surface area (Å²) in [5, 5.41) is 0. The van der Waals surface area contributed by atoms with Crippen LogP contribution in [0.3, 0.4) is 0 Å². The molecule has 0 amide bonds. The average molecular weight is 283 g/mol. The molecule has 0 aliphatic rings. The Kier molecular flexibility index (Phi) is 6.01. The Morgan fingerprint density at radius 2 is 1.63 bits per heavy atom. The summed E-state index contributed by atoms with van der Waals surface area (Å²) in [6.45, 7) is 8.26. The van der Waals surface area contributed by atoms with Crippen LogP contribution in [0.4, 0.5) is 0 Å². The fourth-order valence-electron chi connectivity index (χ4n) is 1.88. The van der Waals surface area contributed by atoms with Gasteiger partial charge < -0.3 is 0 Å². The highest BCUT2D eigenvalue weighted by Crippen LogP contribution is 2.13. The maximum atomic E-state index is 12.2. The van der Waals surface area contributed by atoms with E-state index >= 15 is 0 Å². The molecule has 4 heteroatoms. The number of aryl methyl sites for hydroxylation is 1. The first-order chi connectivity index (χ1) is 8.85. The predicted octanol–water partition coefficient (Wildman–Crippen LogP) is 3.35. The summed E-state index contributed by atoms with van der Waals surface area (Å²) in [5.74, 6) is 0.593. The molecule has 0 aliphatic carbocycles. The number of sulfonamides is 1. The Hall–Kier alpha value is -0.870. The van der Waals surface area contributed by atoms with Gasteiger partial charge in [0.25, 0.3) is 0 Å².